The fourth-order valence-electron chi connectivity index (χ4n) is 3.91. The molecule has 1 aliphatic carbocycles. The molecule has 0 bridgehead atoms. The number of halogens is 1. The number of ketones is 1. The number of aliphatic hydroxyl groups is 1. The molecule has 0 heterocycles. The number of unbranched alkanes of at least 4 members (excludes halogenated alkanes) is 5. The van der Waals surface area contributed by atoms with Gasteiger partial charge < -0.3 is 10.2 Å². The molecule has 0 aliphatic heterocycles. The quantitative estimate of drug-likeness (QED) is 0.442. The first-order chi connectivity index (χ1) is 12.0. The molecule has 4 atom stereocenters. The SMILES string of the molecule is CCCCCC(F)CC[C@H]1[C@H](O)CC(=O)[C@@H]1CCCCCCC(=O)O. The van der Waals surface area contributed by atoms with Crippen molar-refractivity contribution in [2.24, 2.45) is 11.8 Å². The third-order valence-corrected chi connectivity index (χ3v) is 5.42. The summed E-state index contributed by atoms with van der Waals surface area (Å²) in [6, 6.07) is 0. The van der Waals surface area contributed by atoms with Gasteiger partial charge in [0.15, 0.2) is 0 Å². The molecular formula is C20H35FO4. The van der Waals surface area contributed by atoms with E-state index < -0.39 is 18.2 Å². The van der Waals surface area contributed by atoms with E-state index in [1.165, 1.54) is 0 Å². The highest BCUT2D eigenvalue weighted by Gasteiger charge is 2.40. The predicted molar refractivity (Wildman–Crippen MR) is 96.2 cm³/mol. The van der Waals surface area contributed by atoms with Gasteiger partial charge in [-0.25, -0.2) is 4.39 Å². The van der Waals surface area contributed by atoms with Crippen molar-refractivity contribution in [2.75, 3.05) is 0 Å². The van der Waals surface area contributed by atoms with Crippen molar-refractivity contribution >= 4 is 11.8 Å². The number of carboxylic acids is 1. The summed E-state index contributed by atoms with van der Waals surface area (Å²) in [6.07, 6.45) is 7.63. The maximum Gasteiger partial charge on any atom is 0.303 e. The standard InChI is InChI=1S/C20H35FO4/c1-2-3-6-9-15(21)12-13-17-16(18(22)14-19(17)23)10-7-4-5-8-11-20(24)25/h15-17,19,23H,2-14H2,1H3,(H,24,25)/t15?,16-,17-,19-/m1/s1. The fourth-order valence-corrected chi connectivity index (χ4v) is 3.91. The van der Waals surface area contributed by atoms with E-state index in [1.807, 2.05) is 0 Å². The third-order valence-electron chi connectivity index (χ3n) is 5.42. The van der Waals surface area contributed by atoms with E-state index in [0.29, 0.717) is 25.7 Å². The van der Waals surface area contributed by atoms with E-state index in [2.05, 4.69) is 6.92 Å². The lowest BCUT2D eigenvalue weighted by molar-refractivity contribution is -0.137. The van der Waals surface area contributed by atoms with Crippen molar-refractivity contribution in [1.82, 2.24) is 0 Å². The Morgan fingerprint density at radius 2 is 1.84 bits per heavy atom. The lowest BCUT2D eigenvalue weighted by atomic mass is 9.85. The topological polar surface area (TPSA) is 74.6 Å². The average molecular weight is 358 g/mol. The number of Topliss-reactive ketones (excluding diaryl/α,β-unsaturated/α-hetero) is 1. The Balaban J connectivity index is 2.30. The Hall–Kier alpha value is -0.970. The van der Waals surface area contributed by atoms with Crippen LogP contribution in [0.2, 0.25) is 0 Å². The van der Waals surface area contributed by atoms with Gasteiger partial charge in [-0.15, -0.1) is 0 Å². The molecule has 0 amide bonds. The zero-order chi connectivity index (χ0) is 18.7. The molecule has 1 saturated carbocycles. The van der Waals surface area contributed by atoms with Crippen LogP contribution in [0.25, 0.3) is 0 Å². The highest BCUT2D eigenvalue weighted by atomic mass is 19.1. The normalized spacial score (nSPS) is 24.6. The Morgan fingerprint density at radius 1 is 1.12 bits per heavy atom. The second-order valence-electron chi connectivity index (χ2n) is 7.53. The largest absolute Gasteiger partial charge is 0.481 e. The molecule has 5 heteroatoms. The lowest BCUT2D eigenvalue weighted by Gasteiger charge is -2.22. The molecule has 2 N–H and O–H groups in total. The third kappa shape index (κ3) is 8.80. The smallest absolute Gasteiger partial charge is 0.303 e. The zero-order valence-electron chi connectivity index (χ0n) is 15.6. The fraction of sp³-hybridized carbons (Fsp3) is 0.900. The van der Waals surface area contributed by atoms with E-state index in [0.717, 1.165) is 44.9 Å². The minimum Gasteiger partial charge on any atom is -0.481 e. The number of carbonyl (C=O) groups excluding carboxylic acids is 1. The summed E-state index contributed by atoms with van der Waals surface area (Å²) in [5.41, 5.74) is 0. The van der Waals surface area contributed by atoms with Crippen LogP contribution < -0.4 is 0 Å². The van der Waals surface area contributed by atoms with E-state index in [4.69, 9.17) is 5.11 Å². The first-order valence-electron chi connectivity index (χ1n) is 10.0. The van der Waals surface area contributed by atoms with Crippen molar-refractivity contribution in [2.45, 2.75) is 103 Å². The lowest BCUT2D eigenvalue weighted by Crippen LogP contribution is -2.22. The summed E-state index contributed by atoms with van der Waals surface area (Å²) in [4.78, 5) is 22.6. The van der Waals surface area contributed by atoms with Crippen LogP contribution in [0.1, 0.15) is 90.4 Å². The Labute approximate surface area is 151 Å². The first kappa shape index (κ1) is 22.1. The molecule has 4 nitrogen and oxygen atoms in total. The van der Waals surface area contributed by atoms with Crippen LogP contribution in [-0.2, 0) is 9.59 Å². The summed E-state index contributed by atoms with van der Waals surface area (Å²) < 4.78 is 14.0. The van der Waals surface area contributed by atoms with Crippen LogP contribution in [0.5, 0.6) is 0 Å². The number of carboxylic acid groups (broad SMARTS) is 1. The van der Waals surface area contributed by atoms with Crippen LogP contribution >= 0.6 is 0 Å². The van der Waals surface area contributed by atoms with Gasteiger partial charge in [0, 0.05) is 18.8 Å². The van der Waals surface area contributed by atoms with Gasteiger partial charge in [-0.3, -0.25) is 9.59 Å². The molecule has 0 aromatic rings. The van der Waals surface area contributed by atoms with Crippen molar-refractivity contribution in [1.29, 1.82) is 0 Å². The van der Waals surface area contributed by atoms with Crippen LogP contribution in [0, 0.1) is 11.8 Å². The molecule has 1 unspecified atom stereocenters. The molecule has 146 valence electrons. The summed E-state index contributed by atoms with van der Waals surface area (Å²) in [5.74, 6) is -0.897. The molecule has 0 aromatic carbocycles. The van der Waals surface area contributed by atoms with Gasteiger partial charge in [0.2, 0.25) is 0 Å². The Kier molecular flexibility index (Phi) is 10.9. The van der Waals surface area contributed by atoms with Gasteiger partial charge in [0.05, 0.1) is 6.10 Å². The van der Waals surface area contributed by atoms with Crippen LogP contribution in [0.3, 0.4) is 0 Å². The van der Waals surface area contributed by atoms with E-state index in [9.17, 15) is 19.1 Å². The van der Waals surface area contributed by atoms with Gasteiger partial charge in [-0.2, -0.15) is 0 Å². The minimum absolute atomic E-state index is 0.101. The molecule has 1 rings (SSSR count). The average Bonchev–Trinajstić information content (AvgIpc) is 2.82. The van der Waals surface area contributed by atoms with E-state index in [1.54, 1.807) is 0 Å². The summed E-state index contributed by atoms with van der Waals surface area (Å²) in [7, 11) is 0. The Morgan fingerprint density at radius 3 is 2.52 bits per heavy atom. The summed E-state index contributed by atoms with van der Waals surface area (Å²) in [5, 5.41) is 18.8. The Bertz CT molecular complexity index is 399. The number of aliphatic hydroxyl groups excluding tert-OH is 1. The highest BCUT2D eigenvalue weighted by molar-refractivity contribution is 5.84. The first-order valence-corrected chi connectivity index (χ1v) is 10.0. The molecule has 0 radical (unpaired) electrons. The maximum absolute atomic E-state index is 14.0. The molecule has 1 fully saturated rings. The number of carbonyl (C=O) groups is 2. The van der Waals surface area contributed by atoms with Crippen molar-refractivity contribution in [3.63, 3.8) is 0 Å². The van der Waals surface area contributed by atoms with Gasteiger partial charge in [0.1, 0.15) is 12.0 Å². The van der Waals surface area contributed by atoms with Gasteiger partial charge in [-0.1, -0.05) is 45.4 Å². The second-order valence-corrected chi connectivity index (χ2v) is 7.53. The number of hydrogen-bond donors (Lipinski definition) is 2. The number of alkyl halides is 1. The number of aliphatic carboxylic acids is 1. The molecule has 1 aliphatic rings. The number of hydrogen-bond acceptors (Lipinski definition) is 3. The minimum atomic E-state index is -0.828. The van der Waals surface area contributed by atoms with E-state index >= 15 is 0 Å². The number of rotatable bonds is 14. The molecule has 0 aromatic heterocycles. The van der Waals surface area contributed by atoms with Gasteiger partial charge in [0.25, 0.3) is 0 Å². The second kappa shape index (κ2) is 12.4. The zero-order valence-corrected chi connectivity index (χ0v) is 15.6. The van der Waals surface area contributed by atoms with Gasteiger partial charge >= 0.3 is 5.97 Å². The van der Waals surface area contributed by atoms with Gasteiger partial charge in [-0.05, 0) is 38.0 Å². The van der Waals surface area contributed by atoms with Crippen molar-refractivity contribution < 1.29 is 24.2 Å². The summed E-state index contributed by atoms with van der Waals surface area (Å²) >= 11 is 0. The van der Waals surface area contributed by atoms with Crippen molar-refractivity contribution in [3.8, 4) is 0 Å². The van der Waals surface area contributed by atoms with Crippen LogP contribution in [0.15, 0.2) is 0 Å². The molecule has 25 heavy (non-hydrogen) atoms. The molecule has 0 spiro atoms. The highest BCUT2D eigenvalue weighted by Crippen LogP contribution is 2.37. The van der Waals surface area contributed by atoms with E-state index in [-0.39, 0.29) is 30.5 Å². The molecule has 0 saturated heterocycles. The van der Waals surface area contributed by atoms with Crippen LogP contribution in [0.4, 0.5) is 4.39 Å². The molecular weight excluding hydrogens is 323 g/mol. The summed E-state index contributed by atoms with van der Waals surface area (Å²) in [6.45, 7) is 2.10. The predicted octanol–water partition coefficient (Wildman–Crippen LogP) is 4.68. The van der Waals surface area contributed by atoms with Crippen LogP contribution in [-0.4, -0.2) is 34.2 Å². The van der Waals surface area contributed by atoms with Crippen molar-refractivity contribution in [3.05, 3.63) is 0 Å². The maximum atomic E-state index is 14.0. The monoisotopic (exact) mass is 358 g/mol.